The molecule has 0 saturated carbocycles. The third-order valence-corrected chi connectivity index (χ3v) is 2.64. The van der Waals surface area contributed by atoms with Gasteiger partial charge in [-0.05, 0) is 17.7 Å². The molecule has 2 nitrogen and oxygen atoms in total. The number of carbonyl (C=O) groups is 1. The van der Waals surface area contributed by atoms with E-state index in [4.69, 9.17) is 5.73 Å². The van der Waals surface area contributed by atoms with Crippen molar-refractivity contribution in [2.24, 2.45) is 5.73 Å². The van der Waals surface area contributed by atoms with Gasteiger partial charge in [0.1, 0.15) is 11.6 Å². The van der Waals surface area contributed by atoms with Gasteiger partial charge in [0, 0.05) is 12.1 Å². The first-order valence-electron chi connectivity index (χ1n) is 5.41. The predicted octanol–water partition coefficient (Wildman–Crippen LogP) is 2.65. The quantitative estimate of drug-likeness (QED) is 0.847. The lowest BCUT2D eigenvalue weighted by Gasteiger charge is -2.05. The second-order valence-corrected chi connectivity index (χ2v) is 3.83. The Morgan fingerprint density at radius 3 is 2.06 bits per heavy atom. The average molecular weight is 247 g/mol. The molecule has 0 saturated heterocycles. The van der Waals surface area contributed by atoms with Gasteiger partial charge in [0.05, 0.1) is 5.56 Å². The summed E-state index contributed by atoms with van der Waals surface area (Å²) in [6.07, 6.45) is 0. The van der Waals surface area contributed by atoms with E-state index in [0.29, 0.717) is 6.54 Å². The van der Waals surface area contributed by atoms with E-state index in [1.54, 1.807) is 12.1 Å². The highest BCUT2D eigenvalue weighted by Gasteiger charge is 2.18. The van der Waals surface area contributed by atoms with E-state index in [1.165, 1.54) is 18.2 Å². The third-order valence-electron chi connectivity index (χ3n) is 2.64. The zero-order valence-corrected chi connectivity index (χ0v) is 9.49. The molecule has 0 spiro atoms. The molecule has 0 bridgehead atoms. The first kappa shape index (κ1) is 12.4. The number of hydrogen-bond acceptors (Lipinski definition) is 2. The molecule has 0 radical (unpaired) electrons. The van der Waals surface area contributed by atoms with Gasteiger partial charge in [0.25, 0.3) is 0 Å². The second kappa shape index (κ2) is 5.06. The lowest BCUT2D eigenvalue weighted by atomic mass is 10.0. The molecule has 2 rings (SSSR count). The van der Waals surface area contributed by atoms with Crippen LogP contribution in [0.1, 0.15) is 21.5 Å². The maximum absolute atomic E-state index is 13.5. The molecule has 0 aliphatic carbocycles. The minimum atomic E-state index is -0.858. The van der Waals surface area contributed by atoms with Crippen LogP contribution >= 0.6 is 0 Å². The zero-order valence-electron chi connectivity index (χ0n) is 9.49. The summed E-state index contributed by atoms with van der Waals surface area (Å²) in [5.41, 5.74) is 5.98. The molecule has 2 N–H and O–H groups in total. The molecule has 2 aromatic carbocycles. The van der Waals surface area contributed by atoms with Crippen molar-refractivity contribution >= 4 is 5.78 Å². The minimum absolute atomic E-state index is 0.233. The highest BCUT2D eigenvalue weighted by Crippen LogP contribution is 2.17. The summed E-state index contributed by atoms with van der Waals surface area (Å²) in [6, 6.07) is 9.68. The first-order chi connectivity index (χ1) is 8.63. The number of carbonyl (C=O) groups excluding carboxylic acids is 1. The van der Waals surface area contributed by atoms with Crippen molar-refractivity contribution in [1.82, 2.24) is 0 Å². The summed E-state index contributed by atoms with van der Waals surface area (Å²) in [5, 5.41) is 0. The Labute approximate surface area is 103 Å². The molecule has 0 unspecified atom stereocenters. The average Bonchev–Trinajstić information content (AvgIpc) is 2.38. The van der Waals surface area contributed by atoms with Gasteiger partial charge >= 0.3 is 0 Å². The van der Waals surface area contributed by atoms with Crippen LogP contribution in [0.5, 0.6) is 0 Å². The van der Waals surface area contributed by atoms with Crippen molar-refractivity contribution in [3.63, 3.8) is 0 Å². The highest BCUT2D eigenvalue weighted by molar-refractivity contribution is 6.09. The van der Waals surface area contributed by atoms with Gasteiger partial charge in [-0.15, -0.1) is 0 Å². The summed E-state index contributed by atoms with van der Waals surface area (Å²) in [5.74, 6) is -2.39. The first-order valence-corrected chi connectivity index (χ1v) is 5.41. The van der Waals surface area contributed by atoms with E-state index in [-0.39, 0.29) is 5.56 Å². The van der Waals surface area contributed by atoms with E-state index >= 15 is 0 Å². The zero-order chi connectivity index (χ0) is 13.1. The maximum atomic E-state index is 13.5. The van der Waals surface area contributed by atoms with Crippen LogP contribution in [0.25, 0.3) is 0 Å². The van der Waals surface area contributed by atoms with Crippen molar-refractivity contribution < 1.29 is 13.6 Å². The van der Waals surface area contributed by atoms with Crippen LogP contribution < -0.4 is 5.73 Å². The van der Waals surface area contributed by atoms with Gasteiger partial charge in [-0.25, -0.2) is 8.78 Å². The molecule has 0 aromatic heterocycles. The molecule has 92 valence electrons. The Hall–Kier alpha value is -2.07. The van der Waals surface area contributed by atoms with Crippen molar-refractivity contribution in [1.29, 1.82) is 0 Å². The number of benzene rings is 2. The fraction of sp³-hybridized carbons (Fsp3) is 0.0714. The molecular formula is C14H11F2NO. The fourth-order valence-corrected chi connectivity index (χ4v) is 1.65. The summed E-state index contributed by atoms with van der Waals surface area (Å²) in [7, 11) is 0. The summed E-state index contributed by atoms with van der Waals surface area (Å²) < 4.78 is 26.9. The van der Waals surface area contributed by atoms with Gasteiger partial charge in [-0.2, -0.15) is 0 Å². The van der Waals surface area contributed by atoms with E-state index < -0.39 is 23.0 Å². The molecule has 0 fully saturated rings. The van der Waals surface area contributed by atoms with E-state index in [9.17, 15) is 13.6 Å². The molecule has 18 heavy (non-hydrogen) atoms. The number of hydrogen-bond donors (Lipinski definition) is 1. The van der Waals surface area contributed by atoms with Gasteiger partial charge in [0.15, 0.2) is 5.78 Å². The minimum Gasteiger partial charge on any atom is -0.326 e. The Morgan fingerprint density at radius 1 is 1.00 bits per heavy atom. The normalized spacial score (nSPS) is 10.4. The van der Waals surface area contributed by atoms with Crippen molar-refractivity contribution in [3.8, 4) is 0 Å². The highest BCUT2D eigenvalue weighted by atomic mass is 19.1. The molecule has 0 aliphatic rings. The lowest BCUT2D eigenvalue weighted by molar-refractivity contribution is 0.103. The SMILES string of the molecule is NCc1ccc(C(=O)c2c(F)cccc2F)cc1. The van der Waals surface area contributed by atoms with Gasteiger partial charge < -0.3 is 5.73 Å². The summed E-state index contributed by atoms with van der Waals surface area (Å²) in [4.78, 5) is 12.0. The van der Waals surface area contributed by atoms with Crippen LogP contribution in [0.4, 0.5) is 8.78 Å². The monoisotopic (exact) mass is 247 g/mol. The van der Waals surface area contributed by atoms with Crippen molar-refractivity contribution in [2.75, 3.05) is 0 Å². The number of nitrogens with two attached hydrogens (primary N) is 1. The van der Waals surface area contributed by atoms with Gasteiger partial charge in [-0.1, -0.05) is 30.3 Å². The molecule has 0 atom stereocenters. The van der Waals surface area contributed by atoms with Crippen molar-refractivity contribution in [3.05, 3.63) is 70.8 Å². The van der Waals surface area contributed by atoms with E-state index in [0.717, 1.165) is 17.7 Å². The van der Waals surface area contributed by atoms with Crippen LogP contribution in [-0.2, 0) is 6.54 Å². The lowest BCUT2D eigenvalue weighted by Crippen LogP contribution is -2.07. The van der Waals surface area contributed by atoms with Crippen molar-refractivity contribution in [2.45, 2.75) is 6.54 Å². The van der Waals surface area contributed by atoms with Crippen LogP contribution in [0, 0.1) is 11.6 Å². The maximum Gasteiger partial charge on any atom is 0.198 e. The molecule has 0 heterocycles. The standard InChI is InChI=1S/C14H11F2NO/c15-11-2-1-3-12(16)13(11)14(18)10-6-4-9(8-17)5-7-10/h1-7H,8,17H2. The van der Waals surface area contributed by atoms with Gasteiger partial charge in [0.2, 0.25) is 0 Å². The smallest absolute Gasteiger partial charge is 0.198 e. The fourth-order valence-electron chi connectivity index (χ4n) is 1.65. The molecule has 4 heteroatoms. The number of ketones is 1. The van der Waals surface area contributed by atoms with Crippen LogP contribution in [0.3, 0.4) is 0 Å². The third kappa shape index (κ3) is 2.28. The van der Waals surface area contributed by atoms with Gasteiger partial charge in [-0.3, -0.25) is 4.79 Å². The topological polar surface area (TPSA) is 43.1 Å². The Kier molecular flexibility index (Phi) is 3.48. The van der Waals surface area contributed by atoms with Crippen LogP contribution in [-0.4, -0.2) is 5.78 Å². The molecule has 0 aliphatic heterocycles. The number of halogens is 2. The van der Waals surface area contributed by atoms with Crippen LogP contribution in [0.2, 0.25) is 0 Å². The van der Waals surface area contributed by atoms with Crippen LogP contribution in [0.15, 0.2) is 42.5 Å². The summed E-state index contributed by atoms with van der Waals surface area (Å²) in [6.45, 7) is 0.350. The molecule has 2 aromatic rings. The van der Waals surface area contributed by atoms with E-state index in [1.807, 2.05) is 0 Å². The molecule has 0 amide bonds. The summed E-state index contributed by atoms with van der Waals surface area (Å²) >= 11 is 0. The van der Waals surface area contributed by atoms with E-state index in [2.05, 4.69) is 0 Å². The predicted molar refractivity (Wildman–Crippen MR) is 64.1 cm³/mol. The molecular weight excluding hydrogens is 236 g/mol. The Bertz CT molecular complexity index is 559. The Balaban J connectivity index is 2.41. The second-order valence-electron chi connectivity index (χ2n) is 3.83. The number of rotatable bonds is 3. The Morgan fingerprint density at radius 2 is 1.56 bits per heavy atom. The largest absolute Gasteiger partial charge is 0.326 e.